The molecule has 0 spiro atoms. The summed E-state index contributed by atoms with van der Waals surface area (Å²) in [5.74, 6) is 0.611. The average Bonchev–Trinajstić information content (AvgIpc) is 2.27. The van der Waals surface area contributed by atoms with Crippen LogP contribution in [-0.2, 0) is 6.61 Å². The van der Waals surface area contributed by atoms with E-state index in [2.05, 4.69) is 4.98 Å². The molecule has 0 radical (unpaired) electrons. The van der Waals surface area contributed by atoms with Crippen LogP contribution < -0.4 is 4.74 Å². The van der Waals surface area contributed by atoms with Crippen molar-refractivity contribution in [3.05, 3.63) is 35.5 Å². The molecular weight excluding hydrogens is 214 g/mol. The van der Waals surface area contributed by atoms with Crippen molar-refractivity contribution in [1.82, 2.24) is 4.98 Å². The molecule has 17 heavy (non-hydrogen) atoms. The molecule has 3 heteroatoms. The van der Waals surface area contributed by atoms with Gasteiger partial charge in [0.25, 0.3) is 0 Å². The SMILES string of the molecule is Cc1cccc2cc(CO)nc(OC(C)C)c12. The van der Waals surface area contributed by atoms with Crippen LogP contribution in [0.5, 0.6) is 5.88 Å². The number of fused-ring (bicyclic) bond motifs is 1. The van der Waals surface area contributed by atoms with Crippen molar-refractivity contribution in [2.45, 2.75) is 33.5 Å². The Morgan fingerprint density at radius 2 is 2.12 bits per heavy atom. The number of hydrogen-bond acceptors (Lipinski definition) is 3. The Bertz CT molecular complexity index is 535. The van der Waals surface area contributed by atoms with Crippen molar-refractivity contribution in [3.63, 3.8) is 0 Å². The van der Waals surface area contributed by atoms with E-state index in [1.54, 1.807) is 0 Å². The zero-order valence-electron chi connectivity index (χ0n) is 10.4. The van der Waals surface area contributed by atoms with Gasteiger partial charge in [-0.15, -0.1) is 0 Å². The molecule has 1 aromatic carbocycles. The van der Waals surface area contributed by atoms with Crippen LogP contribution in [0.4, 0.5) is 0 Å². The summed E-state index contributed by atoms with van der Waals surface area (Å²) in [4.78, 5) is 4.35. The van der Waals surface area contributed by atoms with Crippen LogP contribution in [0.1, 0.15) is 25.1 Å². The Labute approximate surface area is 101 Å². The number of aliphatic hydroxyl groups is 1. The van der Waals surface area contributed by atoms with Gasteiger partial charge in [0, 0.05) is 5.39 Å². The van der Waals surface area contributed by atoms with E-state index in [-0.39, 0.29) is 12.7 Å². The molecular formula is C14H17NO2. The minimum absolute atomic E-state index is 0.0687. The summed E-state index contributed by atoms with van der Waals surface area (Å²) in [6, 6.07) is 7.94. The highest BCUT2D eigenvalue weighted by Gasteiger charge is 2.10. The minimum Gasteiger partial charge on any atom is -0.474 e. The summed E-state index contributed by atoms with van der Waals surface area (Å²) < 4.78 is 5.73. The third-order valence-corrected chi connectivity index (χ3v) is 2.60. The van der Waals surface area contributed by atoms with E-state index in [9.17, 15) is 5.11 Å². The second-order valence-electron chi connectivity index (χ2n) is 4.42. The molecule has 0 aliphatic carbocycles. The van der Waals surface area contributed by atoms with Gasteiger partial charge in [0.1, 0.15) is 0 Å². The normalized spacial score (nSPS) is 11.1. The lowest BCUT2D eigenvalue weighted by Gasteiger charge is -2.14. The van der Waals surface area contributed by atoms with E-state index in [1.807, 2.05) is 45.0 Å². The van der Waals surface area contributed by atoms with Crippen molar-refractivity contribution in [2.75, 3.05) is 0 Å². The third-order valence-electron chi connectivity index (χ3n) is 2.60. The largest absolute Gasteiger partial charge is 0.474 e. The van der Waals surface area contributed by atoms with Gasteiger partial charge in [-0.2, -0.15) is 0 Å². The van der Waals surface area contributed by atoms with E-state index in [4.69, 9.17) is 4.74 Å². The maximum absolute atomic E-state index is 9.21. The van der Waals surface area contributed by atoms with E-state index in [0.29, 0.717) is 11.6 Å². The van der Waals surface area contributed by atoms with Gasteiger partial charge in [-0.1, -0.05) is 18.2 Å². The third kappa shape index (κ3) is 2.39. The van der Waals surface area contributed by atoms with Crippen molar-refractivity contribution in [1.29, 1.82) is 0 Å². The fourth-order valence-electron chi connectivity index (χ4n) is 1.89. The number of ether oxygens (including phenoxy) is 1. The highest BCUT2D eigenvalue weighted by atomic mass is 16.5. The standard InChI is InChI=1S/C14H17NO2/c1-9(2)17-14-13-10(3)5-4-6-11(13)7-12(8-16)15-14/h4-7,9,16H,8H2,1-3H3. The summed E-state index contributed by atoms with van der Waals surface area (Å²) in [6.45, 7) is 5.91. The maximum atomic E-state index is 9.21. The molecule has 0 saturated carbocycles. The Morgan fingerprint density at radius 3 is 2.76 bits per heavy atom. The molecule has 2 rings (SSSR count). The summed E-state index contributed by atoms with van der Waals surface area (Å²) in [6.07, 6.45) is 0.0687. The molecule has 0 aliphatic rings. The number of rotatable bonds is 3. The number of pyridine rings is 1. The van der Waals surface area contributed by atoms with E-state index in [0.717, 1.165) is 16.3 Å². The number of aryl methyl sites for hydroxylation is 1. The van der Waals surface area contributed by atoms with Crippen LogP contribution in [0.2, 0.25) is 0 Å². The first-order chi connectivity index (χ1) is 8.11. The van der Waals surface area contributed by atoms with Gasteiger partial charge in [0.05, 0.1) is 18.4 Å². The molecule has 0 unspecified atom stereocenters. The maximum Gasteiger partial charge on any atom is 0.222 e. The Balaban J connectivity index is 2.68. The molecule has 0 fully saturated rings. The average molecular weight is 231 g/mol. The van der Waals surface area contributed by atoms with Gasteiger partial charge < -0.3 is 9.84 Å². The lowest BCUT2D eigenvalue weighted by molar-refractivity contribution is 0.230. The summed E-state index contributed by atoms with van der Waals surface area (Å²) in [7, 11) is 0. The number of aliphatic hydroxyl groups excluding tert-OH is 1. The minimum atomic E-state index is -0.0711. The van der Waals surface area contributed by atoms with Crippen molar-refractivity contribution in [2.24, 2.45) is 0 Å². The molecule has 90 valence electrons. The molecule has 0 bridgehead atoms. The summed E-state index contributed by atoms with van der Waals surface area (Å²) >= 11 is 0. The molecule has 0 atom stereocenters. The Kier molecular flexibility index (Phi) is 3.29. The lowest BCUT2D eigenvalue weighted by Crippen LogP contribution is -2.08. The molecule has 2 aromatic rings. The van der Waals surface area contributed by atoms with Crippen molar-refractivity contribution in [3.8, 4) is 5.88 Å². The quantitative estimate of drug-likeness (QED) is 0.883. The smallest absolute Gasteiger partial charge is 0.222 e. The van der Waals surface area contributed by atoms with E-state index in [1.165, 1.54) is 0 Å². The van der Waals surface area contributed by atoms with E-state index < -0.39 is 0 Å². The first-order valence-corrected chi connectivity index (χ1v) is 5.78. The van der Waals surface area contributed by atoms with Crippen LogP contribution in [0.15, 0.2) is 24.3 Å². The first kappa shape index (κ1) is 11.9. The van der Waals surface area contributed by atoms with E-state index >= 15 is 0 Å². The van der Waals surface area contributed by atoms with Crippen molar-refractivity contribution >= 4 is 10.8 Å². The molecule has 1 aromatic heterocycles. The highest BCUT2D eigenvalue weighted by molar-refractivity contribution is 5.90. The van der Waals surface area contributed by atoms with Gasteiger partial charge in [-0.05, 0) is 37.8 Å². The Hall–Kier alpha value is -1.61. The molecule has 0 aliphatic heterocycles. The first-order valence-electron chi connectivity index (χ1n) is 5.78. The van der Waals surface area contributed by atoms with Crippen LogP contribution in [0.3, 0.4) is 0 Å². The topological polar surface area (TPSA) is 42.4 Å². The van der Waals surface area contributed by atoms with Crippen LogP contribution in [-0.4, -0.2) is 16.2 Å². The highest BCUT2D eigenvalue weighted by Crippen LogP contribution is 2.28. The summed E-state index contributed by atoms with van der Waals surface area (Å²) in [5.41, 5.74) is 1.77. The monoisotopic (exact) mass is 231 g/mol. The molecule has 0 saturated heterocycles. The number of hydrogen-bond donors (Lipinski definition) is 1. The van der Waals surface area contributed by atoms with Gasteiger partial charge >= 0.3 is 0 Å². The zero-order valence-corrected chi connectivity index (χ0v) is 10.4. The van der Waals surface area contributed by atoms with Gasteiger partial charge in [0.2, 0.25) is 5.88 Å². The Morgan fingerprint density at radius 1 is 1.35 bits per heavy atom. The van der Waals surface area contributed by atoms with Gasteiger partial charge in [0.15, 0.2) is 0 Å². The lowest BCUT2D eigenvalue weighted by atomic mass is 10.1. The number of nitrogens with zero attached hydrogens (tertiary/aromatic N) is 1. The molecule has 0 amide bonds. The predicted molar refractivity (Wildman–Crippen MR) is 68.2 cm³/mol. The number of benzene rings is 1. The van der Waals surface area contributed by atoms with Crippen LogP contribution >= 0.6 is 0 Å². The van der Waals surface area contributed by atoms with Gasteiger partial charge in [-0.25, -0.2) is 4.98 Å². The van der Waals surface area contributed by atoms with Gasteiger partial charge in [-0.3, -0.25) is 0 Å². The molecule has 1 heterocycles. The summed E-state index contributed by atoms with van der Waals surface area (Å²) in [5, 5.41) is 11.3. The fourth-order valence-corrected chi connectivity index (χ4v) is 1.89. The van der Waals surface area contributed by atoms with Crippen LogP contribution in [0.25, 0.3) is 10.8 Å². The molecule has 1 N–H and O–H groups in total. The second kappa shape index (κ2) is 4.72. The zero-order chi connectivity index (χ0) is 12.4. The predicted octanol–water partition coefficient (Wildman–Crippen LogP) is 2.82. The van der Waals surface area contributed by atoms with Crippen molar-refractivity contribution < 1.29 is 9.84 Å². The van der Waals surface area contributed by atoms with Crippen LogP contribution in [0, 0.1) is 6.92 Å². The number of aromatic nitrogens is 1. The fraction of sp³-hybridized carbons (Fsp3) is 0.357. The molecule has 3 nitrogen and oxygen atoms in total. The second-order valence-corrected chi connectivity index (χ2v) is 4.42.